The topological polar surface area (TPSA) is 19.0 Å². The summed E-state index contributed by atoms with van der Waals surface area (Å²) < 4.78 is 13.9. The molecule has 1 aliphatic rings. The van der Waals surface area contributed by atoms with Gasteiger partial charge in [-0.3, -0.25) is 4.90 Å². The number of H-pyrrole nitrogens is 1. The monoisotopic (exact) mass is 294 g/mol. The van der Waals surface area contributed by atoms with Crippen LogP contribution in [-0.4, -0.2) is 28.1 Å². The molecule has 2 aromatic rings. The van der Waals surface area contributed by atoms with E-state index in [9.17, 15) is 4.39 Å². The van der Waals surface area contributed by atoms with E-state index in [0.29, 0.717) is 12.6 Å². The van der Waals surface area contributed by atoms with Crippen molar-refractivity contribution >= 4 is 22.5 Å². The van der Waals surface area contributed by atoms with Crippen LogP contribution in [-0.2, 0) is 13.0 Å². The average molecular weight is 295 g/mol. The predicted molar refractivity (Wildman–Crippen MR) is 82.1 cm³/mol. The zero-order chi connectivity index (χ0) is 14.5. The van der Waals surface area contributed by atoms with Gasteiger partial charge in [-0.15, -0.1) is 0 Å². The molecule has 1 aliphatic heterocycles. The highest BCUT2D eigenvalue weighted by molar-refractivity contribution is 6.31. The molecule has 20 heavy (non-hydrogen) atoms. The predicted octanol–water partition coefficient (Wildman–Crippen LogP) is 4.32. The maximum atomic E-state index is 13.9. The summed E-state index contributed by atoms with van der Waals surface area (Å²) in [4.78, 5) is 5.66. The lowest BCUT2D eigenvalue weighted by atomic mass is 9.96. The van der Waals surface area contributed by atoms with Crippen LogP contribution < -0.4 is 0 Å². The lowest BCUT2D eigenvalue weighted by Gasteiger charge is -2.36. The van der Waals surface area contributed by atoms with Gasteiger partial charge in [-0.25, -0.2) is 4.39 Å². The second-order valence-electron chi connectivity index (χ2n) is 6.45. The van der Waals surface area contributed by atoms with Gasteiger partial charge in [0.05, 0.1) is 0 Å². The maximum Gasteiger partial charge on any atom is 0.118 e. The second kappa shape index (κ2) is 4.74. The Labute approximate surface area is 123 Å². The molecule has 1 aromatic heterocycles. The molecule has 0 saturated heterocycles. The average Bonchev–Trinajstić information content (AvgIpc) is 2.65. The number of hydrogen-bond acceptors (Lipinski definition) is 1. The van der Waals surface area contributed by atoms with Crippen molar-refractivity contribution in [1.82, 2.24) is 9.88 Å². The van der Waals surface area contributed by atoms with Crippen molar-refractivity contribution in [2.75, 3.05) is 6.54 Å². The number of rotatable bonds is 2. The first-order valence-corrected chi connectivity index (χ1v) is 7.43. The summed E-state index contributed by atoms with van der Waals surface area (Å²) in [7, 11) is 0. The van der Waals surface area contributed by atoms with Crippen LogP contribution in [0.3, 0.4) is 0 Å². The number of halogens is 2. The van der Waals surface area contributed by atoms with Crippen molar-refractivity contribution in [3.05, 3.63) is 34.5 Å². The van der Waals surface area contributed by atoms with Gasteiger partial charge < -0.3 is 4.98 Å². The maximum absolute atomic E-state index is 13.9. The Morgan fingerprint density at radius 3 is 2.90 bits per heavy atom. The molecule has 0 radical (unpaired) electrons. The minimum Gasteiger partial charge on any atom is -0.357 e. The number of nitrogens with one attached hydrogen (secondary N) is 1. The van der Waals surface area contributed by atoms with Gasteiger partial charge in [-0.2, -0.15) is 0 Å². The number of nitrogens with zero attached hydrogens (tertiary/aromatic N) is 1. The SMILES string of the molecule is C[C@@H]1Cc2c([nH]c3ccc(Cl)cc23)CN1CC(C)(C)F. The van der Waals surface area contributed by atoms with E-state index in [0.717, 1.165) is 23.5 Å². The van der Waals surface area contributed by atoms with E-state index in [1.807, 2.05) is 18.2 Å². The lowest BCUT2D eigenvalue weighted by Crippen LogP contribution is -2.44. The molecule has 108 valence electrons. The van der Waals surface area contributed by atoms with Crippen LogP contribution >= 0.6 is 11.6 Å². The number of hydrogen-bond donors (Lipinski definition) is 1. The fraction of sp³-hybridized carbons (Fsp3) is 0.500. The summed E-state index contributed by atoms with van der Waals surface area (Å²) in [5, 5.41) is 1.97. The highest BCUT2D eigenvalue weighted by Crippen LogP contribution is 2.32. The highest BCUT2D eigenvalue weighted by Gasteiger charge is 2.30. The van der Waals surface area contributed by atoms with Gasteiger partial charge in [-0.05, 0) is 51.0 Å². The summed E-state index contributed by atoms with van der Waals surface area (Å²) in [5.41, 5.74) is 2.49. The van der Waals surface area contributed by atoms with Crippen molar-refractivity contribution in [3.63, 3.8) is 0 Å². The third-order valence-corrected chi connectivity index (χ3v) is 4.25. The fourth-order valence-electron chi connectivity index (χ4n) is 3.12. The Bertz CT molecular complexity index is 642. The normalized spacial score (nSPS) is 20.4. The Hall–Kier alpha value is -1.06. The molecule has 0 amide bonds. The molecule has 1 aromatic carbocycles. The van der Waals surface area contributed by atoms with E-state index >= 15 is 0 Å². The fourth-order valence-corrected chi connectivity index (χ4v) is 3.29. The molecule has 0 spiro atoms. The number of aromatic amines is 1. The van der Waals surface area contributed by atoms with Crippen LogP contribution in [0.1, 0.15) is 32.0 Å². The quantitative estimate of drug-likeness (QED) is 0.874. The van der Waals surface area contributed by atoms with Gasteiger partial charge in [0.15, 0.2) is 0 Å². The number of alkyl halides is 1. The Balaban J connectivity index is 1.97. The molecule has 0 aliphatic carbocycles. The Kier molecular flexibility index (Phi) is 3.30. The minimum atomic E-state index is -1.17. The smallest absolute Gasteiger partial charge is 0.118 e. The van der Waals surface area contributed by atoms with E-state index in [1.165, 1.54) is 16.6 Å². The van der Waals surface area contributed by atoms with E-state index in [2.05, 4.69) is 16.8 Å². The molecule has 1 N–H and O–H groups in total. The van der Waals surface area contributed by atoms with Crippen molar-refractivity contribution < 1.29 is 4.39 Å². The molecule has 2 heterocycles. The Morgan fingerprint density at radius 1 is 1.45 bits per heavy atom. The minimum absolute atomic E-state index is 0.343. The zero-order valence-corrected chi connectivity index (χ0v) is 12.9. The van der Waals surface area contributed by atoms with Crippen molar-refractivity contribution in [1.29, 1.82) is 0 Å². The first-order chi connectivity index (χ1) is 9.33. The van der Waals surface area contributed by atoms with E-state index in [-0.39, 0.29) is 0 Å². The lowest BCUT2D eigenvalue weighted by molar-refractivity contribution is 0.0853. The Morgan fingerprint density at radius 2 is 2.20 bits per heavy atom. The van der Waals surface area contributed by atoms with Crippen LogP contribution in [0.5, 0.6) is 0 Å². The summed E-state index contributed by atoms with van der Waals surface area (Å²) in [6.45, 7) is 6.68. The van der Waals surface area contributed by atoms with Crippen LogP contribution in [0.15, 0.2) is 18.2 Å². The van der Waals surface area contributed by atoms with Gasteiger partial charge in [0.25, 0.3) is 0 Å². The van der Waals surface area contributed by atoms with Crippen LogP contribution in [0, 0.1) is 0 Å². The summed E-state index contributed by atoms with van der Waals surface area (Å²) in [6, 6.07) is 6.28. The molecule has 0 bridgehead atoms. The van der Waals surface area contributed by atoms with Gasteiger partial charge in [0, 0.05) is 40.8 Å². The van der Waals surface area contributed by atoms with Gasteiger partial charge in [0.2, 0.25) is 0 Å². The third-order valence-electron chi connectivity index (χ3n) is 4.02. The largest absolute Gasteiger partial charge is 0.357 e. The number of fused-ring (bicyclic) bond motifs is 3. The molecule has 2 nitrogen and oxygen atoms in total. The van der Waals surface area contributed by atoms with Crippen LogP contribution in [0.25, 0.3) is 10.9 Å². The molecule has 0 unspecified atom stereocenters. The molecule has 3 rings (SSSR count). The highest BCUT2D eigenvalue weighted by atomic mass is 35.5. The molecular weight excluding hydrogens is 275 g/mol. The van der Waals surface area contributed by atoms with Crippen LogP contribution in [0.2, 0.25) is 5.02 Å². The van der Waals surface area contributed by atoms with Gasteiger partial charge >= 0.3 is 0 Å². The molecule has 0 fully saturated rings. The van der Waals surface area contributed by atoms with Gasteiger partial charge in [0.1, 0.15) is 5.67 Å². The second-order valence-corrected chi connectivity index (χ2v) is 6.89. The van der Waals surface area contributed by atoms with Crippen molar-refractivity contribution in [3.8, 4) is 0 Å². The number of aromatic nitrogens is 1. The van der Waals surface area contributed by atoms with Crippen molar-refractivity contribution in [2.24, 2.45) is 0 Å². The van der Waals surface area contributed by atoms with E-state index in [1.54, 1.807) is 13.8 Å². The first-order valence-electron chi connectivity index (χ1n) is 7.05. The summed E-state index contributed by atoms with van der Waals surface area (Å²) in [5.74, 6) is 0. The molecular formula is C16H20ClFN2. The van der Waals surface area contributed by atoms with Gasteiger partial charge in [-0.1, -0.05) is 11.6 Å². The molecule has 4 heteroatoms. The zero-order valence-electron chi connectivity index (χ0n) is 12.1. The van der Waals surface area contributed by atoms with Crippen molar-refractivity contribution in [2.45, 2.75) is 45.4 Å². The van der Waals surface area contributed by atoms with E-state index < -0.39 is 5.67 Å². The first kappa shape index (κ1) is 13.9. The molecule has 0 saturated carbocycles. The standard InChI is InChI=1S/C16H20ClFN2/c1-10-6-12-13-7-11(17)4-5-14(13)19-15(12)8-20(10)9-16(2,3)18/h4-5,7,10,19H,6,8-9H2,1-3H3/t10-/m1/s1. The number of benzene rings is 1. The summed E-state index contributed by atoms with van der Waals surface area (Å²) in [6.07, 6.45) is 0.936. The van der Waals surface area contributed by atoms with Crippen LogP contribution in [0.4, 0.5) is 4.39 Å². The summed E-state index contributed by atoms with van der Waals surface area (Å²) >= 11 is 6.10. The van der Waals surface area contributed by atoms with E-state index in [4.69, 9.17) is 11.6 Å². The third kappa shape index (κ3) is 2.57. The molecule has 1 atom stereocenters.